The lowest BCUT2D eigenvalue weighted by Gasteiger charge is -2.18. The highest BCUT2D eigenvalue weighted by Gasteiger charge is 2.12. The van der Waals surface area contributed by atoms with Crippen LogP contribution in [0, 0.1) is 5.41 Å². The fraction of sp³-hybridized carbons (Fsp3) is 0.375. The first kappa shape index (κ1) is 17.2. The summed E-state index contributed by atoms with van der Waals surface area (Å²) in [7, 11) is 0. The number of carboxylic acid groups (broad SMARTS) is 1. The Balaban J connectivity index is 2.70. The van der Waals surface area contributed by atoms with Crippen LogP contribution in [0.4, 0.5) is 0 Å². The average molecular weight is 310 g/mol. The molecule has 1 aromatic rings. The molecule has 0 fully saturated rings. The van der Waals surface area contributed by atoms with E-state index in [9.17, 15) is 9.59 Å². The van der Waals surface area contributed by atoms with Crippen LogP contribution in [0.3, 0.4) is 0 Å². The van der Waals surface area contributed by atoms with Crippen molar-refractivity contribution in [3.05, 3.63) is 40.4 Å². The Morgan fingerprint density at radius 3 is 2.52 bits per heavy atom. The summed E-state index contributed by atoms with van der Waals surface area (Å²) in [4.78, 5) is 22.4. The molecule has 0 aliphatic rings. The first-order chi connectivity index (χ1) is 9.69. The lowest BCUT2D eigenvalue weighted by Crippen LogP contribution is -2.27. The van der Waals surface area contributed by atoms with Crippen LogP contribution in [-0.4, -0.2) is 23.5 Å². The van der Waals surface area contributed by atoms with Gasteiger partial charge in [-0.05, 0) is 35.6 Å². The monoisotopic (exact) mass is 309 g/mol. The summed E-state index contributed by atoms with van der Waals surface area (Å²) < 4.78 is 0. The van der Waals surface area contributed by atoms with Gasteiger partial charge in [-0.25, -0.2) is 4.79 Å². The van der Waals surface area contributed by atoms with Crippen molar-refractivity contribution >= 4 is 29.6 Å². The molecular weight excluding hydrogens is 290 g/mol. The van der Waals surface area contributed by atoms with E-state index in [0.29, 0.717) is 22.7 Å². The molecule has 2 N–H and O–H groups in total. The van der Waals surface area contributed by atoms with Crippen molar-refractivity contribution in [1.29, 1.82) is 0 Å². The van der Waals surface area contributed by atoms with Gasteiger partial charge in [0.15, 0.2) is 0 Å². The smallest absolute Gasteiger partial charge is 0.328 e. The third-order valence-corrected chi connectivity index (χ3v) is 3.16. The number of amides is 1. The molecule has 0 radical (unpaired) electrons. The van der Waals surface area contributed by atoms with Crippen molar-refractivity contribution in [2.24, 2.45) is 5.41 Å². The lowest BCUT2D eigenvalue weighted by molar-refractivity contribution is -0.131. The van der Waals surface area contributed by atoms with E-state index in [2.05, 4.69) is 26.1 Å². The molecule has 0 saturated carbocycles. The Hall–Kier alpha value is -1.81. The molecule has 1 rings (SSSR count). The fourth-order valence-electron chi connectivity index (χ4n) is 1.62. The number of rotatable bonds is 5. The van der Waals surface area contributed by atoms with Gasteiger partial charge in [0, 0.05) is 23.2 Å². The lowest BCUT2D eigenvalue weighted by atomic mass is 9.92. The van der Waals surface area contributed by atoms with E-state index in [0.717, 1.165) is 12.5 Å². The SMILES string of the molecule is CC(C)(C)CCNC(=O)c1ccc(/C=C/C(=O)O)c(Cl)c1. The topological polar surface area (TPSA) is 66.4 Å². The Kier molecular flexibility index (Phi) is 5.97. The van der Waals surface area contributed by atoms with Crippen LogP contribution in [0.2, 0.25) is 5.02 Å². The second-order valence-corrected chi connectivity index (χ2v) is 6.38. The normalized spacial score (nSPS) is 11.6. The van der Waals surface area contributed by atoms with Crippen molar-refractivity contribution in [1.82, 2.24) is 5.32 Å². The maximum absolute atomic E-state index is 12.0. The largest absolute Gasteiger partial charge is 0.478 e. The molecule has 21 heavy (non-hydrogen) atoms. The average Bonchev–Trinajstić information content (AvgIpc) is 2.35. The summed E-state index contributed by atoms with van der Waals surface area (Å²) in [5.74, 6) is -1.23. The van der Waals surface area contributed by atoms with Gasteiger partial charge in [0.2, 0.25) is 0 Å². The molecule has 0 aliphatic carbocycles. The number of hydrogen-bond donors (Lipinski definition) is 2. The Morgan fingerprint density at radius 2 is 2.00 bits per heavy atom. The third kappa shape index (κ3) is 6.45. The van der Waals surface area contributed by atoms with E-state index in [1.54, 1.807) is 12.1 Å². The molecule has 114 valence electrons. The summed E-state index contributed by atoms with van der Waals surface area (Å²) in [6.07, 6.45) is 3.28. The molecular formula is C16H20ClNO3. The summed E-state index contributed by atoms with van der Waals surface area (Å²) >= 11 is 6.04. The first-order valence-electron chi connectivity index (χ1n) is 6.68. The van der Waals surface area contributed by atoms with Crippen LogP contribution in [0.15, 0.2) is 24.3 Å². The van der Waals surface area contributed by atoms with E-state index in [1.165, 1.54) is 12.1 Å². The minimum atomic E-state index is -1.05. The molecule has 0 atom stereocenters. The van der Waals surface area contributed by atoms with Gasteiger partial charge in [-0.3, -0.25) is 4.79 Å². The zero-order valence-corrected chi connectivity index (χ0v) is 13.2. The Bertz CT molecular complexity index is 559. The number of carbonyl (C=O) groups excluding carboxylic acids is 1. The van der Waals surface area contributed by atoms with E-state index < -0.39 is 5.97 Å². The molecule has 0 heterocycles. The van der Waals surface area contributed by atoms with Gasteiger partial charge in [0.1, 0.15) is 0 Å². The zero-order chi connectivity index (χ0) is 16.0. The van der Waals surface area contributed by atoms with Gasteiger partial charge < -0.3 is 10.4 Å². The van der Waals surface area contributed by atoms with Crippen molar-refractivity contribution in [2.45, 2.75) is 27.2 Å². The second kappa shape index (κ2) is 7.27. The highest BCUT2D eigenvalue weighted by molar-refractivity contribution is 6.32. The number of carbonyl (C=O) groups is 2. The molecule has 0 unspecified atom stereocenters. The van der Waals surface area contributed by atoms with Crippen LogP contribution in [0.1, 0.15) is 43.1 Å². The van der Waals surface area contributed by atoms with Crippen molar-refractivity contribution in [3.63, 3.8) is 0 Å². The zero-order valence-electron chi connectivity index (χ0n) is 12.4. The van der Waals surface area contributed by atoms with E-state index in [1.807, 2.05) is 0 Å². The molecule has 0 spiro atoms. The fourth-order valence-corrected chi connectivity index (χ4v) is 1.86. The van der Waals surface area contributed by atoms with Crippen molar-refractivity contribution < 1.29 is 14.7 Å². The molecule has 5 heteroatoms. The first-order valence-corrected chi connectivity index (χ1v) is 7.05. The highest BCUT2D eigenvalue weighted by atomic mass is 35.5. The predicted octanol–water partition coefficient (Wildman–Crippen LogP) is 3.60. The number of benzene rings is 1. The minimum Gasteiger partial charge on any atom is -0.478 e. The maximum atomic E-state index is 12.0. The van der Waals surface area contributed by atoms with Crippen LogP contribution in [0.5, 0.6) is 0 Å². The van der Waals surface area contributed by atoms with Gasteiger partial charge >= 0.3 is 5.97 Å². The van der Waals surface area contributed by atoms with E-state index in [4.69, 9.17) is 16.7 Å². The van der Waals surface area contributed by atoms with E-state index >= 15 is 0 Å². The maximum Gasteiger partial charge on any atom is 0.328 e. The Labute approximate surface area is 129 Å². The summed E-state index contributed by atoms with van der Waals surface area (Å²) in [6.45, 7) is 6.93. The molecule has 0 bridgehead atoms. The quantitative estimate of drug-likeness (QED) is 0.817. The standard InChI is InChI=1S/C16H20ClNO3/c1-16(2,3)8-9-18-15(21)12-5-4-11(13(17)10-12)6-7-14(19)20/h4-7,10H,8-9H2,1-3H3,(H,18,21)(H,19,20)/b7-6+. The van der Waals surface area contributed by atoms with Crippen LogP contribution in [0.25, 0.3) is 6.08 Å². The third-order valence-electron chi connectivity index (χ3n) is 2.83. The molecule has 1 aromatic carbocycles. The predicted molar refractivity (Wildman–Crippen MR) is 84.5 cm³/mol. The molecule has 1 amide bonds. The summed E-state index contributed by atoms with van der Waals surface area (Å²) in [6, 6.07) is 4.79. The molecule has 0 aliphatic heterocycles. The summed E-state index contributed by atoms with van der Waals surface area (Å²) in [5, 5.41) is 11.8. The molecule has 0 aromatic heterocycles. The van der Waals surface area contributed by atoms with Crippen molar-refractivity contribution in [2.75, 3.05) is 6.54 Å². The number of halogens is 1. The highest BCUT2D eigenvalue weighted by Crippen LogP contribution is 2.20. The minimum absolute atomic E-state index is 0.163. The van der Waals surface area contributed by atoms with Gasteiger partial charge in [-0.2, -0.15) is 0 Å². The van der Waals surface area contributed by atoms with Crippen LogP contribution < -0.4 is 5.32 Å². The summed E-state index contributed by atoms with van der Waals surface area (Å²) in [5.41, 5.74) is 1.18. The van der Waals surface area contributed by atoms with Gasteiger partial charge in [0.05, 0.1) is 0 Å². The van der Waals surface area contributed by atoms with Crippen molar-refractivity contribution in [3.8, 4) is 0 Å². The number of nitrogens with one attached hydrogen (secondary N) is 1. The molecule has 4 nitrogen and oxygen atoms in total. The van der Waals surface area contributed by atoms with Gasteiger partial charge in [-0.1, -0.05) is 38.4 Å². The number of carboxylic acids is 1. The van der Waals surface area contributed by atoms with Gasteiger partial charge in [-0.15, -0.1) is 0 Å². The van der Waals surface area contributed by atoms with Gasteiger partial charge in [0.25, 0.3) is 5.91 Å². The number of hydrogen-bond acceptors (Lipinski definition) is 2. The van der Waals surface area contributed by atoms with Crippen LogP contribution in [-0.2, 0) is 4.79 Å². The second-order valence-electron chi connectivity index (χ2n) is 5.97. The number of aliphatic carboxylic acids is 1. The van der Waals surface area contributed by atoms with E-state index in [-0.39, 0.29) is 11.3 Å². The molecule has 0 saturated heterocycles. The van der Waals surface area contributed by atoms with Crippen LogP contribution >= 0.6 is 11.6 Å². The Morgan fingerprint density at radius 1 is 1.33 bits per heavy atom.